The fourth-order valence-corrected chi connectivity index (χ4v) is 4.00. The number of rotatable bonds is 10. The van der Waals surface area contributed by atoms with Crippen molar-refractivity contribution < 1.29 is 18.7 Å². The molecule has 0 saturated carbocycles. The zero-order valence-corrected chi connectivity index (χ0v) is 19.7. The summed E-state index contributed by atoms with van der Waals surface area (Å²) >= 11 is 0. The summed E-state index contributed by atoms with van der Waals surface area (Å²) in [6.07, 6.45) is 3.10. The number of amides is 2. The third-order valence-corrected chi connectivity index (χ3v) is 5.88. The molecule has 4 rings (SSSR count). The zero-order valence-electron chi connectivity index (χ0n) is 19.7. The van der Waals surface area contributed by atoms with Crippen LogP contribution in [-0.2, 0) is 22.4 Å². The van der Waals surface area contributed by atoms with Gasteiger partial charge < -0.3 is 21.1 Å². The number of nitriles is 1. The lowest BCUT2D eigenvalue weighted by Crippen LogP contribution is -2.25. The van der Waals surface area contributed by atoms with Crippen molar-refractivity contribution in [3.05, 3.63) is 65.1 Å². The summed E-state index contributed by atoms with van der Waals surface area (Å²) in [6, 6.07) is 13.3. The standard InChI is InChI=1S/C26H27FN6O3/c27-18-6-8-19(9-7-18)33-26(29)21(16-28)23(32-33)3-1-13-30-24(34)4-2-14-36-20-10-11-22-17(15-20)5-12-25(35)31-22/h6-11,15H,1-5,12-14,29H2,(H,30,34)(H,31,35). The van der Waals surface area contributed by atoms with Gasteiger partial charge >= 0.3 is 0 Å². The van der Waals surface area contributed by atoms with Crippen molar-refractivity contribution in [1.29, 1.82) is 5.26 Å². The van der Waals surface area contributed by atoms with Gasteiger partial charge in [-0.15, -0.1) is 0 Å². The van der Waals surface area contributed by atoms with E-state index in [9.17, 15) is 19.2 Å². The van der Waals surface area contributed by atoms with E-state index in [1.807, 2.05) is 18.2 Å². The Morgan fingerprint density at radius 3 is 2.81 bits per heavy atom. The molecule has 0 aliphatic carbocycles. The molecular weight excluding hydrogens is 463 g/mol. The second-order valence-electron chi connectivity index (χ2n) is 8.48. The highest BCUT2D eigenvalue weighted by Crippen LogP contribution is 2.27. The smallest absolute Gasteiger partial charge is 0.224 e. The van der Waals surface area contributed by atoms with Gasteiger partial charge in [0.05, 0.1) is 18.0 Å². The summed E-state index contributed by atoms with van der Waals surface area (Å²) in [5, 5.41) is 19.6. The molecule has 0 spiro atoms. The first-order chi connectivity index (χ1) is 17.4. The molecule has 0 radical (unpaired) electrons. The van der Waals surface area contributed by atoms with Gasteiger partial charge in [0.25, 0.3) is 0 Å². The van der Waals surface area contributed by atoms with Crippen molar-refractivity contribution in [2.75, 3.05) is 24.2 Å². The van der Waals surface area contributed by atoms with Crippen molar-refractivity contribution in [3.8, 4) is 17.5 Å². The number of benzene rings is 2. The highest BCUT2D eigenvalue weighted by molar-refractivity contribution is 5.94. The van der Waals surface area contributed by atoms with Crippen LogP contribution in [0.2, 0.25) is 0 Å². The quantitative estimate of drug-likeness (QED) is 0.373. The predicted molar refractivity (Wildman–Crippen MR) is 132 cm³/mol. The molecule has 0 fully saturated rings. The first kappa shape index (κ1) is 24.7. The van der Waals surface area contributed by atoms with E-state index in [0.717, 1.165) is 17.0 Å². The third kappa shape index (κ3) is 5.99. The number of aromatic nitrogens is 2. The van der Waals surface area contributed by atoms with E-state index < -0.39 is 0 Å². The topological polar surface area (TPSA) is 135 Å². The molecule has 2 amide bonds. The van der Waals surface area contributed by atoms with Crippen LogP contribution in [-0.4, -0.2) is 34.7 Å². The number of halogens is 1. The summed E-state index contributed by atoms with van der Waals surface area (Å²) in [5.41, 5.74) is 9.33. The Bertz CT molecular complexity index is 1300. The average molecular weight is 491 g/mol. The largest absolute Gasteiger partial charge is 0.494 e. The molecule has 1 aliphatic rings. The zero-order chi connectivity index (χ0) is 25.5. The molecule has 10 heteroatoms. The molecule has 1 aliphatic heterocycles. The summed E-state index contributed by atoms with van der Waals surface area (Å²) in [4.78, 5) is 23.6. The number of carbonyl (C=O) groups is 2. The van der Waals surface area contributed by atoms with E-state index >= 15 is 0 Å². The van der Waals surface area contributed by atoms with Gasteiger partial charge in [-0.3, -0.25) is 9.59 Å². The number of anilines is 2. The molecule has 2 aromatic carbocycles. The minimum Gasteiger partial charge on any atom is -0.494 e. The van der Waals surface area contributed by atoms with Crippen LogP contribution in [0.3, 0.4) is 0 Å². The number of hydrogen-bond donors (Lipinski definition) is 3. The van der Waals surface area contributed by atoms with E-state index in [4.69, 9.17) is 10.5 Å². The van der Waals surface area contributed by atoms with Crippen molar-refractivity contribution in [1.82, 2.24) is 15.1 Å². The van der Waals surface area contributed by atoms with E-state index in [1.165, 1.54) is 16.8 Å². The number of nitrogen functional groups attached to an aromatic ring is 1. The number of ether oxygens (including phenoxy) is 1. The van der Waals surface area contributed by atoms with Gasteiger partial charge in [-0.1, -0.05) is 0 Å². The third-order valence-electron chi connectivity index (χ3n) is 5.88. The molecule has 3 aromatic rings. The van der Waals surface area contributed by atoms with Crippen LogP contribution < -0.4 is 21.1 Å². The minimum absolute atomic E-state index is 0.0245. The fourth-order valence-electron chi connectivity index (χ4n) is 4.00. The van der Waals surface area contributed by atoms with Crippen molar-refractivity contribution in [2.24, 2.45) is 0 Å². The number of aryl methyl sites for hydroxylation is 2. The highest BCUT2D eigenvalue weighted by atomic mass is 19.1. The van der Waals surface area contributed by atoms with E-state index in [1.54, 1.807) is 12.1 Å². The van der Waals surface area contributed by atoms with Gasteiger partial charge in [-0.2, -0.15) is 10.4 Å². The second-order valence-corrected chi connectivity index (χ2v) is 8.48. The number of carbonyl (C=O) groups excluding carboxylic acids is 2. The number of fused-ring (bicyclic) bond motifs is 1. The lowest BCUT2D eigenvalue weighted by molar-refractivity contribution is -0.121. The molecule has 9 nitrogen and oxygen atoms in total. The van der Waals surface area contributed by atoms with Crippen molar-refractivity contribution in [2.45, 2.75) is 38.5 Å². The normalized spacial score (nSPS) is 12.4. The van der Waals surface area contributed by atoms with Gasteiger partial charge in [0.2, 0.25) is 11.8 Å². The fraction of sp³-hybridized carbons (Fsp3) is 0.308. The van der Waals surface area contributed by atoms with Crippen LogP contribution in [0.25, 0.3) is 5.69 Å². The molecule has 0 unspecified atom stereocenters. The van der Waals surface area contributed by atoms with Gasteiger partial charge in [0.1, 0.15) is 29.0 Å². The van der Waals surface area contributed by atoms with Gasteiger partial charge in [0.15, 0.2) is 0 Å². The van der Waals surface area contributed by atoms with E-state index in [0.29, 0.717) is 63.1 Å². The van der Waals surface area contributed by atoms with Crippen LogP contribution in [0, 0.1) is 17.1 Å². The second kappa shape index (κ2) is 11.4. The Hall–Kier alpha value is -4.39. The van der Waals surface area contributed by atoms with E-state index in [2.05, 4.69) is 21.8 Å². The Morgan fingerprint density at radius 2 is 2.03 bits per heavy atom. The molecule has 0 bridgehead atoms. The SMILES string of the molecule is N#Cc1c(CCCNC(=O)CCCOc2ccc3c(c2)CCC(=O)N3)nn(-c2ccc(F)cc2)c1N. The summed E-state index contributed by atoms with van der Waals surface area (Å²) in [7, 11) is 0. The van der Waals surface area contributed by atoms with Gasteiger partial charge in [-0.05, 0) is 73.7 Å². The first-order valence-electron chi connectivity index (χ1n) is 11.8. The van der Waals surface area contributed by atoms with Crippen LogP contribution in [0.5, 0.6) is 5.75 Å². The Balaban J connectivity index is 1.18. The molecule has 0 atom stereocenters. The summed E-state index contributed by atoms with van der Waals surface area (Å²) < 4.78 is 20.4. The van der Waals surface area contributed by atoms with Crippen LogP contribution >= 0.6 is 0 Å². The van der Waals surface area contributed by atoms with Crippen LogP contribution in [0.15, 0.2) is 42.5 Å². The molecule has 36 heavy (non-hydrogen) atoms. The van der Waals surface area contributed by atoms with Crippen LogP contribution in [0.4, 0.5) is 15.9 Å². The predicted octanol–water partition coefficient (Wildman–Crippen LogP) is 3.26. The van der Waals surface area contributed by atoms with Gasteiger partial charge in [-0.25, -0.2) is 9.07 Å². The maximum absolute atomic E-state index is 13.2. The highest BCUT2D eigenvalue weighted by Gasteiger charge is 2.17. The van der Waals surface area contributed by atoms with E-state index in [-0.39, 0.29) is 29.0 Å². The van der Waals surface area contributed by atoms with Crippen LogP contribution in [0.1, 0.15) is 42.5 Å². The van der Waals surface area contributed by atoms with Crippen molar-refractivity contribution >= 4 is 23.3 Å². The average Bonchev–Trinajstić information content (AvgIpc) is 3.20. The Labute approximate surface area is 208 Å². The monoisotopic (exact) mass is 490 g/mol. The first-order valence-corrected chi connectivity index (χ1v) is 11.8. The Kier molecular flexibility index (Phi) is 7.80. The van der Waals surface area contributed by atoms with Gasteiger partial charge in [0, 0.05) is 25.1 Å². The minimum atomic E-state index is -0.373. The number of nitrogens with one attached hydrogen (secondary N) is 2. The molecule has 2 heterocycles. The summed E-state index contributed by atoms with van der Waals surface area (Å²) in [5.74, 6) is 0.493. The van der Waals surface area contributed by atoms with Crippen molar-refractivity contribution in [3.63, 3.8) is 0 Å². The molecule has 0 saturated heterocycles. The molecule has 186 valence electrons. The number of nitrogens with two attached hydrogens (primary N) is 1. The Morgan fingerprint density at radius 1 is 1.22 bits per heavy atom. The molecule has 1 aromatic heterocycles. The maximum Gasteiger partial charge on any atom is 0.224 e. The molecule has 4 N–H and O–H groups in total. The molecular formula is C26H27FN6O3. The lowest BCUT2D eigenvalue weighted by Gasteiger charge is -2.17. The summed E-state index contributed by atoms with van der Waals surface area (Å²) in [6.45, 7) is 0.842. The number of nitrogens with zero attached hydrogens (tertiary/aromatic N) is 3. The number of hydrogen-bond acceptors (Lipinski definition) is 6. The lowest BCUT2D eigenvalue weighted by atomic mass is 10.0. The maximum atomic E-state index is 13.2.